The maximum Gasteiger partial charge on any atom is 0.254 e. The fourth-order valence-electron chi connectivity index (χ4n) is 2.47. The van der Waals surface area contributed by atoms with E-state index in [4.69, 9.17) is 0 Å². The number of aliphatic hydroxyl groups is 1. The van der Waals surface area contributed by atoms with Crippen LogP contribution < -0.4 is 0 Å². The van der Waals surface area contributed by atoms with Crippen molar-refractivity contribution in [2.45, 2.75) is 25.5 Å². The van der Waals surface area contributed by atoms with Crippen molar-refractivity contribution >= 4 is 5.91 Å². The Kier molecular flexibility index (Phi) is 3.92. The Hall–Kier alpha value is -1.39. The molecular weight excluding hydrogens is 240 g/mol. The molecule has 1 atom stereocenters. The standard InChI is InChI=1S/C15H22N2O2/c1-15(2,19)14(18)17-10-9-16(3)11-13(17)12-7-5-4-6-8-12/h4-8,13,19H,9-11H2,1-3H3. The van der Waals surface area contributed by atoms with E-state index >= 15 is 0 Å². The van der Waals surface area contributed by atoms with E-state index in [0.717, 1.165) is 18.7 Å². The third-order valence-corrected chi connectivity index (χ3v) is 3.55. The number of carbonyl (C=O) groups excluding carboxylic acids is 1. The molecule has 1 unspecified atom stereocenters. The molecule has 0 aliphatic carbocycles. The van der Waals surface area contributed by atoms with Crippen LogP contribution in [0, 0.1) is 0 Å². The lowest BCUT2D eigenvalue weighted by Crippen LogP contribution is -2.54. The van der Waals surface area contributed by atoms with E-state index in [-0.39, 0.29) is 11.9 Å². The second-order valence-corrected chi connectivity index (χ2v) is 5.75. The fraction of sp³-hybridized carbons (Fsp3) is 0.533. The van der Waals surface area contributed by atoms with Crippen LogP contribution in [-0.2, 0) is 4.79 Å². The van der Waals surface area contributed by atoms with E-state index in [9.17, 15) is 9.90 Å². The molecule has 1 N–H and O–H groups in total. The normalized spacial score (nSPS) is 21.5. The second kappa shape index (κ2) is 5.31. The molecular formula is C15H22N2O2. The smallest absolute Gasteiger partial charge is 0.254 e. The van der Waals surface area contributed by atoms with Crippen LogP contribution in [0.4, 0.5) is 0 Å². The van der Waals surface area contributed by atoms with Gasteiger partial charge in [0.25, 0.3) is 5.91 Å². The SMILES string of the molecule is CN1CCN(C(=O)C(C)(C)O)C(c2ccccc2)C1. The first-order chi connectivity index (χ1) is 8.89. The lowest BCUT2D eigenvalue weighted by Gasteiger charge is -2.42. The predicted octanol–water partition coefficient (Wildman–Crippen LogP) is 1.27. The molecule has 0 spiro atoms. The lowest BCUT2D eigenvalue weighted by molar-refractivity contribution is -0.153. The molecule has 4 nitrogen and oxygen atoms in total. The van der Waals surface area contributed by atoms with Gasteiger partial charge in [-0.05, 0) is 26.5 Å². The predicted molar refractivity (Wildman–Crippen MR) is 74.7 cm³/mol. The molecule has 0 aromatic heterocycles. The molecule has 2 rings (SSSR count). The Balaban J connectivity index is 2.28. The van der Waals surface area contributed by atoms with Crippen LogP contribution in [0.5, 0.6) is 0 Å². The van der Waals surface area contributed by atoms with Gasteiger partial charge in [-0.15, -0.1) is 0 Å². The maximum absolute atomic E-state index is 12.4. The van der Waals surface area contributed by atoms with Gasteiger partial charge in [0.05, 0.1) is 6.04 Å². The van der Waals surface area contributed by atoms with Gasteiger partial charge in [0.1, 0.15) is 5.60 Å². The van der Waals surface area contributed by atoms with Crippen LogP contribution in [0.25, 0.3) is 0 Å². The fourth-order valence-corrected chi connectivity index (χ4v) is 2.47. The summed E-state index contributed by atoms with van der Waals surface area (Å²) in [6.45, 7) is 5.39. The number of hydrogen-bond acceptors (Lipinski definition) is 3. The first-order valence-electron chi connectivity index (χ1n) is 6.66. The van der Waals surface area contributed by atoms with Gasteiger partial charge in [0.2, 0.25) is 0 Å². The first-order valence-corrected chi connectivity index (χ1v) is 6.66. The average molecular weight is 262 g/mol. The Morgan fingerprint density at radius 1 is 1.26 bits per heavy atom. The summed E-state index contributed by atoms with van der Waals surface area (Å²) in [5.41, 5.74) is -0.199. The molecule has 1 aliphatic heterocycles. The molecule has 1 aromatic carbocycles. The van der Waals surface area contributed by atoms with Crippen molar-refractivity contribution in [3.8, 4) is 0 Å². The van der Waals surface area contributed by atoms with E-state index in [1.807, 2.05) is 30.3 Å². The number of rotatable bonds is 2. The quantitative estimate of drug-likeness (QED) is 0.873. The minimum absolute atomic E-state index is 0.0128. The van der Waals surface area contributed by atoms with Gasteiger partial charge in [0.15, 0.2) is 0 Å². The zero-order chi connectivity index (χ0) is 14.0. The van der Waals surface area contributed by atoms with E-state index < -0.39 is 5.60 Å². The van der Waals surface area contributed by atoms with Gasteiger partial charge in [-0.2, -0.15) is 0 Å². The molecule has 1 saturated heterocycles. The Bertz CT molecular complexity index is 439. The van der Waals surface area contributed by atoms with Crippen molar-refractivity contribution in [1.82, 2.24) is 9.80 Å². The third-order valence-electron chi connectivity index (χ3n) is 3.55. The topological polar surface area (TPSA) is 43.8 Å². The third kappa shape index (κ3) is 3.14. The molecule has 1 heterocycles. The van der Waals surface area contributed by atoms with E-state index in [1.165, 1.54) is 0 Å². The van der Waals surface area contributed by atoms with E-state index in [0.29, 0.717) is 6.54 Å². The van der Waals surface area contributed by atoms with Gasteiger partial charge in [0, 0.05) is 19.6 Å². The number of carbonyl (C=O) groups is 1. The zero-order valence-corrected chi connectivity index (χ0v) is 11.8. The van der Waals surface area contributed by atoms with Crippen LogP contribution in [0.3, 0.4) is 0 Å². The van der Waals surface area contributed by atoms with Crippen LogP contribution in [-0.4, -0.2) is 53.1 Å². The second-order valence-electron chi connectivity index (χ2n) is 5.75. The van der Waals surface area contributed by atoms with E-state index in [2.05, 4.69) is 11.9 Å². The molecule has 1 fully saturated rings. The van der Waals surface area contributed by atoms with Crippen LogP contribution in [0.15, 0.2) is 30.3 Å². The van der Waals surface area contributed by atoms with Crippen molar-refractivity contribution in [2.75, 3.05) is 26.7 Å². The number of piperazine rings is 1. The molecule has 104 valence electrons. The molecule has 0 saturated carbocycles. The number of nitrogens with zero attached hydrogens (tertiary/aromatic N) is 2. The monoisotopic (exact) mass is 262 g/mol. The largest absolute Gasteiger partial charge is 0.381 e. The number of amides is 1. The Morgan fingerprint density at radius 3 is 2.47 bits per heavy atom. The summed E-state index contributed by atoms with van der Waals surface area (Å²) < 4.78 is 0. The van der Waals surface area contributed by atoms with Gasteiger partial charge in [-0.25, -0.2) is 0 Å². The first kappa shape index (κ1) is 14.0. The molecule has 0 radical (unpaired) electrons. The van der Waals surface area contributed by atoms with Crippen LogP contribution >= 0.6 is 0 Å². The van der Waals surface area contributed by atoms with Gasteiger partial charge >= 0.3 is 0 Å². The summed E-state index contributed by atoms with van der Waals surface area (Å²) in [6.07, 6.45) is 0. The Labute approximate surface area is 114 Å². The van der Waals surface area contributed by atoms with Crippen molar-refractivity contribution < 1.29 is 9.90 Å². The van der Waals surface area contributed by atoms with Crippen LogP contribution in [0.2, 0.25) is 0 Å². The number of benzene rings is 1. The molecule has 1 amide bonds. The highest BCUT2D eigenvalue weighted by molar-refractivity contribution is 5.84. The summed E-state index contributed by atoms with van der Waals surface area (Å²) >= 11 is 0. The summed E-state index contributed by atoms with van der Waals surface area (Å²) in [5.74, 6) is -0.200. The van der Waals surface area contributed by atoms with Crippen LogP contribution in [0.1, 0.15) is 25.5 Å². The molecule has 0 bridgehead atoms. The minimum Gasteiger partial charge on any atom is -0.381 e. The summed E-state index contributed by atoms with van der Waals surface area (Å²) in [6, 6.07) is 10.0. The highest BCUT2D eigenvalue weighted by Gasteiger charge is 2.36. The molecule has 1 aromatic rings. The lowest BCUT2D eigenvalue weighted by atomic mass is 9.99. The Morgan fingerprint density at radius 2 is 1.89 bits per heavy atom. The van der Waals surface area contributed by atoms with Crippen molar-refractivity contribution in [1.29, 1.82) is 0 Å². The summed E-state index contributed by atoms with van der Waals surface area (Å²) in [4.78, 5) is 16.4. The van der Waals surface area contributed by atoms with Gasteiger partial charge in [-0.3, -0.25) is 4.79 Å². The highest BCUT2D eigenvalue weighted by atomic mass is 16.3. The highest BCUT2D eigenvalue weighted by Crippen LogP contribution is 2.27. The summed E-state index contributed by atoms with van der Waals surface area (Å²) in [7, 11) is 2.06. The van der Waals surface area contributed by atoms with E-state index in [1.54, 1.807) is 18.7 Å². The molecule has 1 aliphatic rings. The van der Waals surface area contributed by atoms with Crippen molar-refractivity contribution in [3.05, 3.63) is 35.9 Å². The van der Waals surface area contributed by atoms with Crippen molar-refractivity contribution in [2.24, 2.45) is 0 Å². The minimum atomic E-state index is -1.32. The summed E-state index contributed by atoms with van der Waals surface area (Å²) in [5, 5.41) is 9.96. The maximum atomic E-state index is 12.4. The van der Waals surface area contributed by atoms with Gasteiger partial charge in [-0.1, -0.05) is 30.3 Å². The average Bonchev–Trinajstić information content (AvgIpc) is 2.38. The number of hydrogen-bond donors (Lipinski definition) is 1. The molecule has 19 heavy (non-hydrogen) atoms. The van der Waals surface area contributed by atoms with Gasteiger partial charge < -0.3 is 14.9 Å². The van der Waals surface area contributed by atoms with Crippen molar-refractivity contribution in [3.63, 3.8) is 0 Å². The zero-order valence-electron chi connectivity index (χ0n) is 11.8. The number of likely N-dealkylation sites (N-methyl/N-ethyl adjacent to an activating group) is 1. The molecule has 4 heteroatoms.